The van der Waals surface area contributed by atoms with E-state index in [9.17, 15) is 22.8 Å². The van der Waals surface area contributed by atoms with E-state index in [1.54, 1.807) is 7.05 Å². The lowest BCUT2D eigenvalue weighted by Crippen LogP contribution is -2.38. The van der Waals surface area contributed by atoms with Gasteiger partial charge in [0.1, 0.15) is 0 Å². The van der Waals surface area contributed by atoms with E-state index in [0.717, 1.165) is 18.2 Å². The van der Waals surface area contributed by atoms with Gasteiger partial charge in [0, 0.05) is 19.4 Å². The second kappa shape index (κ2) is 6.47. The SMILES string of the molecule is CNC(=O)C1CC(CC(=O)Nc2cc(C(F)(F)F)ccc2N)C1. The summed E-state index contributed by atoms with van der Waals surface area (Å²) in [6, 6.07) is 2.80. The van der Waals surface area contributed by atoms with Crippen LogP contribution in [0.25, 0.3) is 0 Å². The van der Waals surface area contributed by atoms with Crippen LogP contribution in [-0.4, -0.2) is 18.9 Å². The summed E-state index contributed by atoms with van der Waals surface area (Å²) in [6.07, 6.45) is -3.14. The first-order valence-electron chi connectivity index (χ1n) is 7.19. The Bertz CT molecular complexity index is 610. The van der Waals surface area contributed by atoms with E-state index in [1.165, 1.54) is 0 Å². The Morgan fingerprint density at radius 1 is 1.30 bits per heavy atom. The highest BCUT2D eigenvalue weighted by molar-refractivity contribution is 5.94. The maximum atomic E-state index is 12.7. The molecule has 0 unspecified atom stereocenters. The van der Waals surface area contributed by atoms with Crippen LogP contribution in [0.4, 0.5) is 24.5 Å². The summed E-state index contributed by atoms with van der Waals surface area (Å²) < 4.78 is 38.0. The van der Waals surface area contributed by atoms with Crippen molar-refractivity contribution in [2.75, 3.05) is 18.1 Å². The first-order chi connectivity index (χ1) is 10.7. The van der Waals surface area contributed by atoms with Gasteiger partial charge in [-0.1, -0.05) is 0 Å². The van der Waals surface area contributed by atoms with Gasteiger partial charge in [-0.15, -0.1) is 0 Å². The van der Waals surface area contributed by atoms with Gasteiger partial charge in [0.2, 0.25) is 11.8 Å². The Labute approximate surface area is 131 Å². The van der Waals surface area contributed by atoms with Crippen molar-refractivity contribution in [3.63, 3.8) is 0 Å². The van der Waals surface area contributed by atoms with E-state index in [2.05, 4.69) is 10.6 Å². The number of nitrogens with two attached hydrogens (primary N) is 1. The third-order valence-corrected chi connectivity index (χ3v) is 3.98. The van der Waals surface area contributed by atoms with Gasteiger partial charge >= 0.3 is 6.18 Å². The predicted octanol–water partition coefficient (Wildman–Crippen LogP) is 2.39. The number of nitrogens with one attached hydrogen (secondary N) is 2. The molecule has 1 saturated carbocycles. The van der Waals surface area contributed by atoms with Crippen LogP contribution in [0, 0.1) is 11.8 Å². The van der Waals surface area contributed by atoms with Gasteiger partial charge in [0.25, 0.3) is 0 Å². The molecule has 1 aromatic carbocycles. The number of benzene rings is 1. The van der Waals surface area contributed by atoms with Crippen LogP contribution in [0.1, 0.15) is 24.8 Å². The highest BCUT2D eigenvalue weighted by Gasteiger charge is 2.35. The molecule has 1 aliphatic rings. The molecule has 0 bridgehead atoms. The summed E-state index contributed by atoms with van der Waals surface area (Å²) in [5.41, 5.74) is 4.76. The van der Waals surface area contributed by atoms with E-state index < -0.39 is 17.6 Å². The second-order valence-electron chi connectivity index (χ2n) is 5.70. The Morgan fingerprint density at radius 3 is 2.52 bits per heavy atom. The molecule has 0 saturated heterocycles. The van der Waals surface area contributed by atoms with Gasteiger partial charge < -0.3 is 16.4 Å². The van der Waals surface area contributed by atoms with Crippen molar-refractivity contribution in [1.82, 2.24) is 5.32 Å². The fraction of sp³-hybridized carbons (Fsp3) is 0.467. The number of halogens is 3. The molecular formula is C15H18F3N3O2. The maximum absolute atomic E-state index is 12.7. The number of nitrogen functional groups attached to an aromatic ring is 1. The Morgan fingerprint density at radius 2 is 1.96 bits per heavy atom. The highest BCUT2D eigenvalue weighted by atomic mass is 19.4. The van der Waals surface area contributed by atoms with E-state index in [1.807, 2.05) is 0 Å². The number of rotatable bonds is 4. The molecule has 1 fully saturated rings. The number of hydrogen-bond acceptors (Lipinski definition) is 3. The van der Waals surface area contributed by atoms with Crippen LogP contribution in [-0.2, 0) is 15.8 Å². The minimum Gasteiger partial charge on any atom is -0.397 e. The molecule has 2 rings (SSSR count). The lowest BCUT2D eigenvalue weighted by molar-refractivity contribution is -0.137. The van der Waals surface area contributed by atoms with Crippen LogP contribution >= 0.6 is 0 Å². The van der Waals surface area contributed by atoms with E-state index >= 15 is 0 Å². The summed E-state index contributed by atoms with van der Waals surface area (Å²) >= 11 is 0. The zero-order valence-corrected chi connectivity index (χ0v) is 12.5. The van der Waals surface area contributed by atoms with Crippen LogP contribution < -0.4 is 16.4 Å². The molecule has 23 heavy (non-hydrogen) atoms. The van der Waals surface area contributed by atoms with Gasteiger partial charge in [-0.05, 0) is 37.0 Å². The molecule has 1 aliphatic carbocycles. The number of hydrogen-bond donors (Lipinski definition) is 3. The van der Waals surface area contributed by atoms with Gasteiger partial charge in [0.15, 0.2) is 0 Å². The quantitative estimate of drug-likeness (QED) is 0.742. The molecule has 126 valence electrons. The van der Waals surface area contributed by atoms with Crippen molar-refractivity contribution in [3.05, 3.63) is 23.8 Å². The van der Waals surface area contributed by atoms with Gasteiger partial charge in [0.05, 0.1) is 16.9 Å². The van der Waals surface area contributed by atoms with Crippen LogP contribution in [0.2, 0.25) is 0 Å². The lowest BCUT2D eigenvalue weighted by atomic mass is 9.72. The normalized spacial score (nSPS) is 20.5. The topological polar surface area (TPSA) is 84.2 Å². The Kier molecular flexibility index (Phi) is 4.82. The van der Waals surface area contributed by atoms with E-state index in [0.29, 0.717) is 12.8 Å². The van der Waals surface area contributed by atoms with Crippen molar-refractivity contribution in [2.45, 2.75) is 25.4 Å². The smallest absolute Gasteiger partial charge is 0.397 e. The summed E-state index contributed by atoms with van der Waals surface area (Å²) in [7, 11) is 1.55. The minimum atomic E-state index is -4.50. The van der Waals surface area contributed by atoms with E-state index in [4.69, 9.17) is 5.73 Å². The molecular weight excluding hydrogens is 311 g/mol. The third kappa shape index (κ3) is 4.14. The first kappa shape index (κ1) is 17.1. The van der Waals surface area contributed by atoms with E-state index in [-0.39, 0.29) is 35.5 Å². The minimum absolute atomic E-state index is 0.0491. The molecule has 5 nitrogen and oxygen atoms in total. The van der Waals surface area contributed by atoms with Crippen molar-refractivity contribution in [1.29, 1.82) is 0 Å². The van der Waals surface area contributed by atoms with Gasteiger partial charge in [-0.25, -0.2) is 0 Å². The predicted molar refractivity (Wildman–Crippen MR) is 79.4 cm³/mol. The molecule has 0 aliphatic heterocycles. The molecule has 4 N–H and O–H groups in total. The number of alkyl halides is 3. The molecule has 1 aromatic rings. The molecule has 0 radical (unpaired) electrons. The average Bonchev–Trinajstić information content (AvgIpc) is 2.42. The lowest BCUT2D eigenvalue weighted by Gasteiger charge is -2.33. The van der Waals surface area contributed by atoms with Crippen molar-refractivity contribution in [2.24, 2.45) is 11.8 Å². The zero-order chi connectivity index (χ0) is 17.2. The molecule has 0 atom stereocenters. The van der Waals surface area contributed by atoms with Gasteiger partial charge in [-0.2, -0.15) is 13.2 Å². The fourth-order valence-corrected chi connectivity index (χ4v) is 2.62. The monoisotopic (exact) mass is 329 g/mol. The van der Waals surface area contributed by atoms with Gasteiger partial charge in [-0.3, -0.25) is 9.59 Å². The molecule has 0 aromatic heterocycles. The fourth-order valence-electron chi connectivity index (χ4n) is 2.62. The third-order valence-electron chi connectivity index (χ3n) is 3.98. The standard InChI is InChI=1S/C15H18F3N3O2/c1-20-14(23)9-4-8(5-9)6-13(22)21-12-7-10(15(16,17)18)2-3-11(12)19/h2-3,7-9H,4-6,19H2,1H3,(H,20,23)(H,21,22). The molecule has 2 amide bonds. The summed E-state index contributed by atoms with van der Waals surface area (Å²) in [4.78, 5) is 23.3. The maximum Gasteiger partial charge on any atom is 0.416 e. The zero-order valence-electron chi connectivity index (χ0n) is 12.5. The number of anilines is 2. The first-order valence-corrected chi connectivity index (χ1v) is 7.19. The largest absolute Gasteiger partial charge is 0.416 e. The molecule has 0 heterocycles. The molecule has 0 spiro atoms. The number of carbonyl (C=O) groups is 2. The Hall–Kier alpha value is -2.25. The van der Waals surface area contributed by atoms with Crippen LogP contribution in [0.5, 0.6) is 0 Å². The average molecular weight is 329 g/mol. The van der Waals surface area contributed by atoms with Crippen molar-refractivity contribution < 1.29 is 22.8 Å². The number of carbonyl (C=O) groups excluding carboxylic acids is 2. The summed E-state index contributed by atoms with van der Waals surface area (Å²) in [5.74, 6) is -0.485. The van der Waals surface area contributed by atoms with Crippen LogP contribution in [0.15, 0.2) is 18.2 Å². The summed E-state index contributed by atoms with van der Waals surface area (Å²) in [6.45, 7) is 0. The van der Waals surface area contributed by atoms with Crippen LogP contribution in [0.3, 0.4) is 0 Å². The Balaban J connectivity index is 1.92. The van der Waals surface area contributed by atoms with Crippen molar-refractivity contribution >= 4 is 23.2 Å². The van der Waals surface area contributed by atoms with Crippen molar-refractivity contribution in [3.8, 4) is 0 Å². The molecule has 8 heteroatoms. The number of amides is 2. The highest BCUT2D eigenvalue weighted by Crippen LogP contribution is 2.37. The second-order valence-corrected chi connectivity index (χ2v) is 5.70. The summed E-state index contributed by atoms with van der Waals surface area (Å²) in [5, 5.41) is 4.96.